The fraction of sp³-hybridized carbons (Fsp3) is 0.391. The average Bonchev–Trinajstić information content (AvgIpc) is 2.76. The Morgan fingerprint density at radius 3 is 2.21 bits per heavy atom. The highest BCUT2D eigenvalue weighted by Crippen LogP contribution is 2.36. The molecule has 1 aliphatic heterocycles. The number of hydrogen-bond acceptors (Lipinski definition) is 4. The van der Waals surface area contributed by atoms with Crippen LogP contribution in [0.1, 0.15) is 11.1 Å². The van der Waals surface area contributed by atoms with Gasteiger partial charge in [-0.25, -0.2) is 0 Å². The van der Waals surface area contributed by atoms with Gasteiger partial charge in [-0.15, -0.1) is 0 Å². The highest BCUT2D eigenvalue weighted by atomic mass is 35.5. The second kappa shape index (κ2) is 11.0. The number of carbonyl (C=O) groups excluding carboxylic acids is 2. The summed E-state index contributed by atoms with van der Waals surface area (Å²) >= 11 is 5.61. The van der Waals surface area contributed by atoms with Crippen LogP contribution in [0.4, 0.5) is 18.9 Å². The molecule has 0 aliphatic carbocycles. The number of nitrogens with one attached hydrogen (secondary N) is 1. The standard InChI is InChI=1S/C23H26ClF3N4O2/c1-29(14-17-5-3-2-4-6-17)22(33)16-31-11-9-30(10-12-31)15-21(32)28-18-7-8-20(24)19(13-18)23(25,26)27/h2-8,13H,9-12,14-16H2,1H3,(H,28,32). The second-order valence-electron chi connectivity index (χ2n) is 8.03. The van der Waals surface area contributed by atoms with Gasteiger partial charge in [0, 0.05) is 45.5 Å². The van der Waals surface area contributed by atoms with E-state index >= 15 is 0 Å². The van der Waals surface area contributed by atoms with Crippen LogP contribution >= 0.6 is 11.6 Å². The first kappa shape index (κ1) is 25.0. The molecule has 10 heteroatoms. The molecular formula is C23H26ClF3N4O2. The zero-order valence-electron chi connectivity index (χ0n) is 18.2. The molecule has 178 valence electrons. The molecule has 6 nitrogen and oxygen atoms in total. The fourth-order valence-electron chi connectivity index (χ4n) is 3.59. The van der Waals surface area contributed by atoms with Crippen molar-refractivity contribution in [2.75, 3.05) is 51.6 Å². The van der Waals surface area contributed by atoms with Crippen LogP contribution in [0.2, 0.25) is 5.02 Å². The number of alkyl halides is 3. The maximum Gasteiger partial charge on any atom is 0.417 e. The maximum atomic E-state index is 13.0. The van der Waals surface area contributed by atoms with Crippen LogP contribution in [0.3, 0.4) is 0 Å². The molecule has 1 saturated heterocycles. The van der Waals surface area contributed by atoms with Crippen LogP contribution in [-0.4, -0.2) is 72.8 Å². The third-order valence-corrected chi connectivity index (χ3v) is 5.76. The first-order valence-electron chi connectivity index (χ1n) is 10.5. The summed E-state index contributed by atoms with van der Waals surface area (Å²) in [6, 6.07) is 13.0. The summed E-state index contributed by atoms with van der Waals surface area (Å²) in [5.41, 5.74) is 0.118. The van der Waals surface area contributed by atoms with Crippen molar-refractivity contribution >= 4 is 29.1 Å². The smallest absolute Gasteiger partial charge is 0.340 e. The molecule has 2 aromatic rings. The fourth-order valence-corrected chi connectivity index (χ4v) is 3.81. The van der Waals surface area contributed by atoms with Crippen molar-refractivity contribution in [1.29, 1.82) is 0 Å². The van der Waals surface area contributed by atoms with Gasteiger partial charge in [-0.1, -0.05) is 41.9 Å². The van der Waals surface area contributed by atoms with Crippen LogP contribution in [-0.2, 0) is 22.3 Å². The molecule has 0 spiro atoms. The van der Waals surface area contributed by atoms with Crippen molar-refractivity contribution in [3.63, 3.8) is 0 Å². The summed E-state index contributed by atoms with van der Waals surface area (Å²) in [4.78, 5) is 30.5. The summed E-state index contributed by atoms with van der Waals surface area (Å²) in [5.74, 6) is -0.383. The Balaban J connectivity index is 1.43. The van der Waals surface area contributed by atoms with Gasteiger partial charge in [0.05, 0.1) is 23.7 Å². The maximum absolute atomic E-state index is 13.0. The molecular weight excluding hydrogens is 457 g/mol. The van der Waals surface area contributed by atoms with E-state index in [-0.39, 0.29) is 18.1 Å². The predicted octanol–water partition coefficient (Wildman–Crippen LogP) is 3.57. The lowest BCUT2D eigenvalue weighted by atomic mass is 10.2. The van der Waals surface area contributed by atoms with Crippen LogP contribution in [0.25, 0.3) is 0 Å². The number of amides is 2. The van der Waals surface area contributed by atoms with Gasteiger partial charge in [0.25, 0.3) is 0 Å². The van der Waals surface area contributed by atoms with Crippen LogP contribution in [0.15, 0.2) is 48.5 Å². The SMILES string of the molecule is CN(Cc1ccccc1)C(=O)CN1CCN(CC(=O)Nc2ccc(Cl)c(C(F)(F)F)c2)CC1. The zero-order chi connectivity index (χ0) is 24.0. The lowest BCUT2D eigenvalue weighted by Gasteiger charge is -2.34. The van der Waals surface area contributed by atoms with Gasteiger partial charge in [0.2, 0.25) is 11.8 Å². The van der Waals surface area contributed by atoms with Crippen molar-refractivity contribution in [2.24, 2.45) is 0 Å². The van der Waals surface area contributed by atoms with Gasteiger partial charge < -0.3 is 10.2 Å². The van der Waals surface area contributed by atoms with E-state index in [9.17, 15) is 22.8 Å². The number of likely N-dealkylation sites (N-methyl/N-ethyl adjacent to an activating group) is 1. The normalized spacial score (nSPS) is 15.3. The van der Waals surface area contributed by atoms with Crippen LogP contribution in [0, 0.1) is 0 Å². The number of rotatable bonds is 7. The Bertz CT molecular complexity index is 964. The predicted molar refractivity (Wildman–Crippen MR) is 121 cm³/mol. The average molecular weight is 483 g/mol. The van der Waals surface area contributed by atoms with E-state index in [4.69, 9.17) is 11.6 Å². The number of halogens is 4. The molecule has 2 amide bonds. The Morgan fingerprint density at radius 2 is 1.61 bits per heavy atom. The lowest BCUT2D eigenvalue weighted by molar-refractivity contribution is -0.137. The summed E-state index contributed by atoms with van der Waals surface area (Å²) < 4.78 is 39.0. The summed E-state index contributed by atoms with van der Waals surface area (Å²) in [6.45, 7) is 3.30. The van der Waals surface area contributed by atoms with Crippen molar-refractivity contribution in [2.45, 2.75) is 12.7 Å². The van der Waals surface area contributed by atoms with E-state index in [1.165, 1.54) is 6.07 Å². The van der Waals surface area contributed by atoms with Crippen molar-refractivity contribution in [3.8, 4) is 0 Å². The zero-order valence-corrected chi connectivity index (χ0v) is 19.0. The number of hydrogen-bond donors (Lipinski definition) is 1. The molecule has 0 aromatic heterocycles. The molecule has 1 fully saturated rings. The van der Waals surface area contributed by atoms with Gasteiger partial charge in [-0.2, -0.15) is 13.2 Å². The third kappa shape index (κ3) is 7.45. The molecule has 2 aromatic carbocycles. The number of piperazine rings is 1. The largest absolute Gasteiger partial charge is 0.417 e. The lowest BCUT2D eigenvalue weighted by Crippen LogP contribution is -2.51. The highest BCUT2D eigenvalue weighted by Gasteiger charge is 2.33. The van der Waals surface area contributed by atoms with Gasteiger partial charge in [0.15, 0.2) is 0 Å². The monoisotopic (exact) mass is 482 g/mol. The van der Waals surface area contributed by atoms with Crippen LogP contribution < -0.4 is 5.32 Å². The van der Waals surface area contributed by atoms with Gasteiger partial charge in [0.1, 0.15) is 0 Å². The molecule has 1 aliphatic rings. The molecule has 33 heavy (non-hydrogen) atoms. The van der Waals surface area contributed by atoms with Crippen molar-refractivity contribution < 1.29 is 22.8 Å². The van der Waals surface area contributed by atoms with E-state index in [0.29, 0.717) is 39.3 Å². The van der Waals surface area contributed by atoms with E-state index < -0.39 is 22.7 Å². The summed E-state index contributed by atoms with van der Waals surface area (Å²) in [7, 11) is 1.77. The Kier molecular flexibility index (Phi) is 8.34. The number of carbonyl (C=O) groups is 2. The molecule has 0 radical (unpaired) electrons. The Labute approximate surface area is 195 Å². The number of nitrogens with zero attached hydrogens (tertiary/aromatic N) is 3. The molecule has 0 unspecified atom stereocenters. The Morgan fingerprint density at radius 1 is 1.00 bits per heavy atom. The quantitative estimate of drug-likeness (QED) is 0.655. The molecule has 0 saturated carbocycles. The molecule has 1 heterocycles. The summed E-state index contributed by atoms with van der Waals surface area (Å²) in [5, 5.41) is 2.08. The Hall–Kier alpha value is -2.62. The van der Waals surface area contributed by atoms with Crippen molar-refractivity contribution in [3.05, 3.63) is 64.7 Å². The minimum atomic E-state index is -4.60. The van der Waals surface area contributed by atoms with Gasteiger partial charge >= 0.3 is 6.18 Å². The molecule has 3 rings (SSSR count). The molecule has 0 atom stereocenters. The van der Waals surface area contributed by atoms with E-state index in [2.05, 4.69) is 5.32 Å². The number of benzene rings is 2. The number of anilines is 1. The van der Waals surface area contributed by atoms with E-state index in [0.717, 1.165) is 17.7 Å². The topological polar surface area (TPSA) is 55.9 Å². The van der Waals surface area contributed by atoms with Crippen molar-refractivity contribution in [1.82, 2.24) is 14.7 Å². The minimum Gasteiger partial charge on any atom is -0.340 e. The first-order valence-corrected chi connectivity index (χ1v) is 10.9. The molecule has 0 bridgehead atoms. The van der Waals surface area contributed by atoms with Gasteiger partial charge in [-0.05, 0) is 23.8 Å². The summed E-state index contributed by atoms with van der Waals surface area (Å²) in [6.07, 6.45) is -4.60. The van der Waals surface area contributed by atoms with Crippen LogP contribution in [0.5, 0.6) is 0 Å². The second-order valence-corrected chi connectivity index (χ2v) is 8.44. The molecule has 1 N–H and O–H groups in total. The minimum absolute atomic E-state index is 0.0215. The van der Waals surface area contributed by atoms with E-state index in [1.807, 2.05) is 40.1 Å². The third-order valence-electron chi connectivity index (χ3n) is 5.43. The van der Waals surface area contributed by atoms with E-state index in [1.54, 1.807) is 11.9 Å². The first-order chi connectivity index (χ1) is 15.6. The van der Waals surface area contributed by atoms with Gasteiger partial charge in [-0.3, -0.25) is 19.4 Å². The highest BCUT2D eigenvalue weighted by molar-refractivity contribution is 6.31.